The largest absolute Gasteiger partial charge is 0.331 e. The first-order valence-electron chi connectivity index (χ1n) is 10.6. The van der Waals surface area contributed by atoms with Crippen molar-refractivity contribution in [1.29, 1.82) is 0 Å². The van der Waals surface area contributed by atoms with Crippen molar-refractivity contribution >= 4 is 27.6 Å². The molecule has 2 aliphatic heterocycles. The van der Waals surface area contributed by atoms with Gasteiger partial charge in [0.05, 0.1) is 4.90 Å². The Kier molecular flexibility index (Phi) is 7.02. The summed E-state index contributed by atoms with van der Waals surface area (Å²) in [6.45, 7) is 3.94. The summed E-state index contributed by atoms with van der Waals surface area (Å²) >= 11 is 0. The van der Waals surface area contributed by atoms with Crippen LogP contribution in [0.1, 0.15) is 37.7 Å². The molecule has 0 bridgehead atoms. The molecule has 1 N–H and O–H groups in total. The van der Waals surface area contributed by atoms with E-state index in [1.165, 1.54) is 4.90 Å². The van der Waals surface area contributed by atoms with Crippen LogP contribution in [0.5, 0.6) is 0 Å². The lowest BCUT2D eigenvalue weighted by Crippen LogP contribution is -2.45. The molecule has 2 heterocycles. The highest BCUT2D eigenvalue weighted by Gasteiger charge is 2.30. The molecular weight excluding hydrogens is 404 g/mol. The van der Waals surface area contributed by atoms with E-state index >= 15 is 0 Å². The third-order valence-electron chi connectivity index (χ3n) is 5.91. The summed E-state index contributed by atoms with van der Waals surface area (Å²) in [6, 6.07) is 5.01. The molecule has 0 unspecified atom stereocenters. The van der Waals surface area contributed by atoms with Crippen LogP contribution in [0, 0.1) is 12.8 Å². The average Bonchev–Trinajstić information content (AvgIpc) is 2.75. The van der Waals surface area contributed by atoms with Gasteiger partial charge in [0.15, 0.2) is 0 Å². The van der Waals surface area contributed by atoms with Crippen molar-refractivity contribution in [3.63, 3.8) is 0 Å². The van der Waals surface area contributed by atoms with Crippen LogP contribution in [-0.2, 0) is 14.8 Å². The number of sulfonamides is 1. The van der Waals surface area contributed by atoms with E-state index in [4.69, 9.17) is 0 Å². The Morgan fingerprint density at radius 3 is 2.27 bits per heavy atom. The zero-order valence-electron chi connectivity index (χ0n) is 18.1. The summed E-state index contributed by atoms with van der Waals surface area (Å²) in [5, 5.41) is 2.89. The molecule has 0 aliphatic carbocycles. The zero-order chi connectivity index (χ0) is 21.9. The Morgan fingerprint density at radius 1 is 1.03 bits per heavy atom. The Bertz CT molecular complexity index is 886. The topological polar surface area (TPSA) is 90.0 Å². The van der Waals surface area contributed by atoms with Gasteiger partial charge in [0, 0.05) is 51.9 Å². The van der Waals surface area contributed by atoms with Gasteiger partial charge in [-0.1, -0.05) is 12.5 Å². The molecule has 166 valence electrons. The van der Waals surface area contributed by atoms with Crippen LogP contribution in [0.3, 0.4) is 0 Å². The van der Waals surface area contributed by atoms with Gasteiger partial charge in [0.1, 0.15) is 0 Å². The number of carbonyl (C=O) groups excluding carboxylic acids is 2. The molecule has 8 nitrogen and oxygen atoms in total. The van der Waals surface area contributed by atoms with E-state index in [1.807, 2.05) is 0 Å². The van der Waals surface area contributed by atoms with E-state index < -0.39 is 10.0 Å². The number of hydrogen-bond acceptors (Lipinski definition) is 4. The first-order valence-corrected chi connectivity index (χ1v) is 12.0. The van der Waals surface area contributed by atoms with Gasteiger partial charge in [-0.2, -0.15) is 4.31 Å². The number of urea groups is 1. The summed E-state index contributed by atoms with van der Waals surface area (Å²) in [7, 11) is -0.135. The molecule has 0 spiro atoms. The van der Waals surface area contributed by atoms with Gasteiger partial charge in [-0.15, -0.1) is 0 Å². The fourth-order valence-corrected chi connectivity index (χ4v) is 5.83. The smallest absolute Gasteiger partial charge is 0.319 e. The zero-order valence-corrected chi connectivity index (χ0v) is 18.9. The lowest BCUT2D eigenvalue weighted by Gasteiger charge is -2.33. The second-order valence-corrected chi connectivity index (χ2v) is 10.3. The molecule has 2 fully saturated rings. The second-order valence-electron chi connectivity index (χ2n) is 8.37. The number of nitrogens with one attached hydrogen (secondary N) is 1. The predicted molar refractivity (Wildman–Crippen MR) is 116 cm³/mol. The standard InChI is InChI=1S/C21H32N4O4S/c1-16-7-8-18(15-19(16)30(28,29)25-11-5-4-6-12-25)22-20(26)17-9-13-24(14-10-17)21(27)23(2)3/h7-8,15,17H,4-6,9-14H2,1-3H3,(H,22,26). The summed E-state index contributed by atoms with van der Waals surface area (Å²) < 4.78 is 27.7. The maximum atomic E-state index is 13.1. The molecule has 2 saturated heterocycles. The highest BCUT2D eigenvalue weighted by Crippen LogP contribution is 2.27. The highest BCUT2D eigenvalue weighted by molar-refractivity contribution is 7.89. The minimum atomic E-state index is -3.57. The predicted octanol–water partition coefficient (Wildman–Crippen LogP) is 2.50. The summed E-state index contributed by atoms with van der Waals surface area (Å²) in [4.78, 5) is 28.3. The Labute approximate surface area is 179 Å². The van der Waals surface area contributed by atoms with Gasteiger partial charge in [-0.3, -0.25) is 4.79 Å². The average molecular weight is 437 g/mol. The molecule has 1 aromatic carbocycles. The van der Waals surface area contributed by atoms with Crippen LogP contribution in [0.25, 0.3) is 0 Å². The third-order valence-corrected chi connectivity index (χ3v) is 7.95. The van der Waals surface area contributed by atoms with Gasteiger partial charge in [0.25, 0.3) is 0 Å². The van der Waals surface area contributed by atoms with Crippen LogP contribution < -0.4 is 5.32 Å². The van der Waals surface area contributed by atoms with Crippen molar-refractivity contribution in [2.75, 3.05) is 45.6 Å². The van der Waals surface area contributed by atoms with Gasteiger partial charge in [-0.05, 0) is 50.3 Å². The molecule has 0 radical (unpaired) electrons. The number of carbonyl (C=O) groups is 2. The molecular formula is C21H32N4O4S. The van der Waals surface area contributed by atoms with Crippen LogP contribution >= 0.6 is 0 Å². The van der Waals surface area contributed by atoms with Gasteiger partial charge < -0.3 is 15.1 Å². The van der Waals surface area contributed by atoms with E-state index in [0.717, 1.165) is 19.3 Å². The van der Waals surface area contributed by atoms with Crippen molar-refractivity contribution in [3.05, 3.63) is 23.8 Å². The minimum Gasteiger partial charge on any atom is -0.331 e. The number of piperidine rings is 2. The van der Waals surface area contributed by atoms with Gasteiger partial charge >= 0.3 is 6.03 Å². The maximum Gasteiger partial charge on any atom is 0.319 e. The minimum absolute atomic E-state index is 0.0417. The number of nitrogens with zero attached hydrogens (tertiary/aromatic N) is 3. The molecule has 3 rings (SSSR count). The monoisotopic (exact) mass is 436 g/mol. The second kappa shape index (κ2) is 9.34. The van der Waals surface area contributed by atoms with E-state index in [-0.39, 0.29) is 22.8 Å². The SMILES string of the molecule is Cc1ccc(NC(=O)C2CCN(C(=O)N(C)C)CC2)cc1S(=O)(=O)N1CCCCC1. The van der Waals surface area contributed by atoms with Gasteiger partial charge in [0.2, 0.25) is 15.9 Å². The number of rotatable bonds is 4. The van der Waals surface area contributed by atoms with Crippen LogP contribution in [-0.4, -0.2) is 74.7 Å². The summed E-state index contributed by atoms with van der Waals surface area (Å²) in [5.41, 5.74) is 1.17. The van der Waals surface area contributed by atoms with Gasteiger partial charge in [-0.25, -0.2) is 13.2 Å². The molecule has 0 saturated carbocycles. The van der Waals surface area contributed by atoms with Crippen LogP contribution in [0.4, 0.5) is 10.5 Å². The highest BCUT2D eigenvalue weighted by atomic mass is 32.2. The number of aryl methyl sites for hydroxylation is 1. The number of anilines is 1. The number of benzene rings is 1. The number of hydrogen-bond donors (Lipinski definition) is 1. The normalized spacial score (nSPS) is 18.8. The lowest BCUT2D eigenvalue weighted by molar-refractivity contribution is -0.121. The van der Waals surface area contributed by atoms with E-state index in [9.17, 15) is 18.0 Å². The Hall–Kier alpha value is -2.13. The maximum absolute atomic E-state index is 13.1. The van der Waals surface area contributed by atoms with Crippen LogP contribution in [0.2, 0.25) is 0 Å². The quantitative estimate of drug-likeness (QED) is 0.785. The fourth-order valence-electron chi connectivity index (χ4n) is 4.06. The van der Waals surface area contributed by atoms with Crippen molar-refractivity contribution in [2.24, 2.45) is 5.92 Å². The molecule has 0 atom stereocenters. The molecule has 0 aromatic heterocycles. The molecule has 9 heteroatoms. The van der Waals surface area contributed by atoms with E-state index in [2.05, 4.69) is 5.32 Å². The molecule has 30 heavy (non-hydrogen) atoms. The molecule has 1 aromatic rings. The van der Waals surface area contributed by atoms with Crippen molar-refractivity contribution in [1.82, 2.24) is 14.1 Å². The molecule has 3 amide bonds. The third kappa shape index (κ3) is 4.95. The van der Waals surface area contributed by atoms with Crippen molar-refractivity contribution < 1.29 is 18.0 Å². The first kappa shape index (κ1) is 22.6. The first-order chi connectivity index (χ1) is 14.2. The summed E-state index contributed by atoms with van der Waals surface area (Å²) in [6.07, 6.45) is 4.00. The fraction of sp³-hybridized carbons (Fsp3) is 0.619. The number of amides is 3. The van der Waals surface area contributed by atoms with Crippen molar-refractivity contribution in [2.45, 2.75) is 43.9 Å². The van der Waals surface area contributed by atoms with E-state index in [0.29, 0.717) is 50.3 Å². The molecule has 2 aliphatic rings. The van der Waals surface area contributed by atoms with E-state index in [1.54, 1.807) is 48.4 Å². The van der Waals surface area contributed by atoms with Crippen molar-refractivity contribution in [3.8, 4) is 0 Å². The number of likely N-dealkylation sites (tertiary alicyclic amines) is 1. The summed E-state index contributed by atoms with van der Waals surface area (Å²) in [5.74, 6) is -0.322. The van der Waals surface area contributed by atoms with Crippen LogP contribution in [0.15, 0.2) is 23.1 Å². The lowest BCUT2D eigenvalue weighted by atomic mass is 9.96. The Morgan fingerprint density at radius 2 is 1.67 bits per heavy atom. The Balaban J connectivity index is 1.67.